The Morgan fingerprint density at radius 3 is 2.85 bits per heavy atom. The molecule has 150 valence electrons. The monoisotopic (exact) mass is 396 g/mol. The summed E-state index contributed by atoms with van der Waals surface area (Å²) in [5.74, 6) is -0.113. The summed E-state index contributed by atoms with van der Waals surface area (Å²) in [6.07, 6.45) is 3.40. The van der Waals surface area contributed by atoms with Gasteiger partial charge in [-0.25, -0.2) is 8.42 Å². The molecule has 2 saturated heterocycles. The first-order valence-corrected chi connectivity index (χ1v) is 10.9. The van der Waals surface area contributed by atoms with Crippen molar-refractivity contribution >= 4 is 15.9 Å². The minimum Gasteiger partial charge on any atom is -0.495 e. The minimum atomic E-state index is -3.72. The maximum absolute atomic E-state index is 13.1. The van der Waals surface area contributed by atoms with Gasteiger partial charge in [0.15, 0.2) is 0 Å². The van der Waals surface area contributed by atoms with E-state index in [1.54, 1.807) is 12.1 Å². The normalized spacial score (nSPS) is 23.9. The number of hydrogen-bond donors (Lipinski definition) is 1. The van der Waals surface area contributed by atoms with Gasteiger partial charge in [0.25, 0.3) is 0 Å². The van der Waals surface area contributed by atoms with Gasteiger partial charge in [-0.2, -0.15) is 4.31 Å². The summed E-state index contributed by atoms with van der Waals surface area (Å²) in [4.78, 5) is 12.7. The molecule has 2 heterocycles. The Balaban J connectivity index is 1.69. The summed E-state index contributed by atoms with van der Waals surface area (Å²) in [7, 11) is -2.26. The number of aryl methyl sites for hydroxylation is 1. The van der Waals surface area contributed by atoms with Gasteiger partial charge in [-0.3, -0.25) is 4.79 Å². The zero-order chi connectivity index (χ0) is 19.4. The zero-order valence-corrected chi connectivity index (χ0v) is 16.8. The number of carbonyl (C=O) groups is 1. The fourth-order valence-electron chi connectivity index (χ4n) is 3.66. The molecular weight excluding hydrogens is 368 g/mol. The lowest BCUT2D eigenvalue weighted by atomic mass is 9.99. The maximum atomic E-state index is 13.1. The van der Waals surface area contributed by atoms with Crippen molar-refractivity contribution in [1.82, 2.24) is 9.62 Å². The number of sulfonamides is 1. The number of piperidine rings is 1. The quantitative estimate of drug-likeness (QED) is 0.791. The lowest BCUT2D eigenvalue weighted by molar-refractivity contribution is -0.126. The number of nitrogens with zero attached hydrogens (tertiary/aromatic N) is 1. The molecule has 1 N–H and O–H groups in total. The van der Waals surface area contributed by atoms with E-state index in [1.807, 2.05) is 13.0 Å². The van der Waals surface area contributed by atoms with E-state index < -0.39 is 10.0 Å². The zero-order valence-electron chi connectivity index (χ0n) is 15.9. The molecule has 0 unspecified atom stereocenters. The van der Waals surface area contributed by atoms with Gasteiger partial charge in [0.05, 0.1) is 19.1 Å². The Morgan fingerprint density at radius 1 is 1.33 bits per heavy atom. The van der Waals surface area contributed by atoms with Crippen molar-refractivity contribution in [3.05, 3.63) is 23.8 Å². The summed E-state index contributed by atoms with van der Waals surface area (Å²) >= 11 is 0. The van der Waals surface area contributed by atoms with Gasteiger partial charge in [-0.1, -0.05) is 6.07 Å². The van der Waals surface area contributed by atoms with Gasteiger partial charge in [0, 0.05) is 26.2 Å². The first kappa shape index (κ1) is 20.1. The molecular formula is C19H28N2O5S. The maximum Gasteiger partial charge on any atom is 0.246 e. The lowest BCUT2D eigenvalue weighted by Crippen LogP contribution is -2.46. The van der Waals surface area contributed by atoms with Crippen LogP contribution in [0.1, 0.15) is 31.2 Å². The molecule has 2 fully saturated rings. The van der Waals surface area contributed by atoms with Crippen LogP contribution in [0.25, 0.3) is 0 Å². The van der Waals surface area contributed by atoms with Crippen LogP contribution in [0.15, 0.2) is 23.1 Å². The van der Waals surface area contributed by atoms with E-state index in [4.69, 9.17) is 9.47 Å². The molecule has 0 radical (unpaired) electrons. The topological polar surface area (TPSA) is 84.9 Å². The van der Waals surface area contributed by atoms with Gasteiger partial charge < -0.3 is 14.8 Å². The van der Waals surface area contributed by atoms with Crippen LogP contribution in [0.4, 0.5) is 0 Å². The van der Waals surface area contributed by atoms with Crippen LogP contribution in [-0.4, -0.2) is 58.1 Å². The van der Waals surface area contributed by atoms with Gasteiger partial charge in [-0.15, -0.1) is 0 Å². The second kappa shape index (κ2) is 8.58. The number of rotatable bonds is 6. The van der Waals surface area contributed by atoms with Crippen LogP contribution >= 0.6 is 0 Å². The standard InChI is InChI=1S/C19H28N2O5S/c1-14-7-8-17(25-2)18(11-14)27(23,24)21-9-3-5-15(13-21)19(22)20-12-16-6-4-10-26-16/h7-8,11,15-16H,3-6,9-10,12-13H2,1-2H3,(H,20,22)/t15-,16-/m0/s1. The van der Waals surface area contributed by atoms with Crippen LogP contribution in [-0.2, 0) is 19.6 Å². The Hall–Kier alpha value is -1.64. The smallest absolute Gasteiger partial charge is 0.246 e. The number of methoxy groups -OCH3 is 1. The van der Waals surface area contributed by atoms with E-state index in [2.05, 4.69) is 5.32 Å². The fraction of sp³-hybridized carbons (Fsp3) is 0.632. The van der Waals surface area contributed by atoms with E-state index in [-0.39, 0.29) is 29.4 Å². The number of benzene rings is 1. The molecule has 2 aliphatic heterocycles. The second-order valence-electron chi connectivity index (χ2n) is 7.24. The van der Waals surface area contributed by atoms with Gasteiger partial charge in [-0.05, 0) is 50.3 Å². The number of amides is 1. The summed E-state index contributed by atoms with van der Waals surface area (Å²) < 4.78 is 38.5. The van der Waals surface area contributed by atoms with Crippen molar-refractivity contribution in [3.8, 4) is 5.75 Å². The molecule has 8 heteroatoms. The Kier molecular flexibility index (Phi) is 6.39. The van der Waals surface area contributed by atoms with Gasteiger partial charge in [0.1, 0.15) is 10.6 Å². The predicted octanol–water partition coefficient (Wildman–Crippen LogP) is 1.70. The molecule has 1 amide bonds. The average molecular weight is 397 g/mol. The molecule has 27 heavy (non-hydrogen) atoms. The molecule has 1 aromatic carbocycles. The van der Waals surface area contributed by atoms with Gasteiger partial charge >= 0.3 is 0 Å². The largest absolute Gasteiger partial charge is 0.495 e. The van der Waals surface area contributed by atoms with Crippen molar-refractivity contribution in [3.63, 3.8) is 0 Å². The van der Waals surface area contributed by atoms with Crippen molar-refractivity contribution < 1.29 is 22.7 Å². The molecule has 0 saturated carbocycles. The molecule has 0 spiro atoms. The number of nitrogens with one attached hydrogen (secondary N) is 1. The third-order valence-corrected chi connectivity index (χ3v) is 7.11. The van der Waals surface area contributed by atoms with Crippen LogP contribution < -0.4 is 10.1 Å². The van der Waals surface area contributed by atoms with Crippen LogP contribution in [0.5, 0.6) is 5.75 Å². The van der Waals surface area contributed by atoms with E-state index in [0.717, 1.165) is 25.0 Å². The van der Waals surface area contributed by atoms with Crippen LogP contribution in [0.2, 0.25) is 0 Å². The Morgan fingerprint density at radius 2 is 2.15 bits per heavy atom. The molecule has 7 nitrogen and oxygen atoms in total. The van der Waals surface area contributed by atoms with Crippen molar-refractivity contribution in [2.24, 2.45) is 5.92 Å². The highest BCUT2D eigenvalue weighted by atomic mass is 32.2. The highest BCUT2D eigenvalue weighted by Crippen LogP contribution is 2.30. The third kappa shape index (κ3) is 4.62. The molecule has 0 bridgehead atoms. The minimum absolute atomic E-state index is 0.0777. The van der Waals surface area contributed by atoms with E-state index in [9.17, 15) is 13.2 Å². The number of carbonyl (C=O) groups excluding carboxylic acids is 1. The van der Waals surface area contributed by atoms with Crippen LogP contribution in [0, 0.1) is 12.8 Å². The van der Waals surface area contributed by atoms with Crippen molar-refractivity contribution in [2.45, 2.75) is 43.6 Å². The second-order valence-corrected chi connectivity index (χ2v) is 9.14. The third-order valence-electron chi connectivity index (χ3n) is 5.22. The SMILES string of the molecule is COc1ccc(C)cc1S(=O)(=O)N1CCC[C@H](C(=O)NC[C@@H]2CCCO2)C1. The van der Waals surface area contributed by atoms with E-state index in [1.165, 1.54) is 11.4 Å². The van der Waals surface area contributed by atoms with Crippen molar-refractivity contribution in [2.75, 3.05) is 33.4 Å². The Labute approximate surface area is 161 Å². The molecule has 2 aliphatic rings. The first-order valence-electron chi connectivity index (χ1n) is 9.46. The fourth-order valence-corrected chi connectivity index (χ4v) is 5.43. The summed E-state index contributed by atoms with van der Waals surface area (Å²) in [5.41, 5.74) is 0.845. The number of hydrogen-bond acceptors (Lipinski definition) is 5. The lowest BCUT2D eigenvalue weighted by Gasteiger charge is -2.31. The summed E-state index contributed by atoms with van der Waals surface area (Å²) in [6, 6.07) is 5.10. The first-order chi connectivity index (χ1) is 12.9. The highest BCUT2D eigenvalue weighted by Gasteiger charge is 2.35. The molecule has 0 aliphatic carbocycles. The van der Waals surface area contributed by atoms with E-state index in [0.29, 0.717) is 31.7 Å². The highest BCUT2D eigenvalue weighted by molar-refractivity contribution is 7.89. The summed E-state index contributed by atoms with van der Waals surface area (Å²) in [5, 5.41) is 2.93. The van der Waals surface area contributed by atoms with Crippen molar-refractivity contribution in [1.29, 1.82) is 0 Å². The predicted molar refractivity (Wildman–Crippen MR) is 101 cm³/mol. The molecule has 1 aromatic rings. The van der Waals surface area contributed by atoms with Gasteiger partial charge in [0.2, 0.25) is 15.9 Å². The molecule has 3 rings (SSSR count). The molecule has 2 atom stereocenters. The van der Waals surface area contributed by atoms with Crippen LogP contribution in [0.3, 0.4) is 0 Å². The molecule has 0 aromatic heterocycles. The Bertz CT molecular complexity index is 774. The summed E-state index contributed by atoms with van der Waals surface area (Å²) in [6.45, 7) is 3.68. The number of ether oxygens (including phenoxy) is 2. The average Bonchev–Trinajstić information content (AvgIpc) is 3.19. The van der Waals surface area contributed by atoms with E-state index >= 15 is 0 Å².